The van der Waals surface area contributed by atoms with Gasteiger partial charge in [0.15, 0.2) is 6.10 Å². The Morgan fingerprint density at radius 3 is 2.37 bits per heavy atom. The van der Waals surface area contributed by atoms with Crippen LogP contribution in [0.3, 0.4) is 0 Å². The van der Waals surface area contributed by atoms with Gasteiger partial charge in [0.1, 0.15) is 11.3 Å². The van der Waals surface area contributed by atoms with Crippen molar-refractivity contribution in [3.05, 3.63) is 59.2 Å². The predicted octanol–water partition coefficient (Wildman–Crippen LogP) is 3.87. The Hall–Kier alpha value is -3.15. The van der Waals surface area contributed by atoms with Crippen LogP contribution in [0.2, 0.25) is 0 Å². The summed E-state index contributed by atoms with van der Waals surface area (Å²) < 4.78 is 5.18. The number of carbonyl (C=O) groups is 3. The van der Waals surface area contributed by atoms with E-state index in [0.29, 0.717) is 17.7 Å². The third kappa shape index (κ3) is 5.41. The molecule has 1 amide bonds. The van der Waals surface area contributed by atoms with Crippen LogP contribution in [0.25, 0.3) is 0 Å². The number of ether oxygens (including phenoxy) is 1. The number of amides is 1. The van der Waals surface area contributed by atoms with Crippen LogP contribution in [0.15, 0.2) is 42.5 Å². The zero-order valence-electron chi connectivity index (χ0n) is 15.6. The molecule has 2 aromatic rings. The number of phenols is 1. The van der Waals surface area contributed by atoms with Gasteiger partial charge in [-0.05, 0) is 62.2 Å². The third-order valence-corrected chi connectivity index (χ3v) is 3.96. The van der Waals surface area contributed by atoms with Gasteiger partial charge in [-0.1, -0.05) is 13.0 Å². The van der Waals surface area contributed by atoms with Crippen molar-refractivity contribution < 1.29 is 24.2 Å². The van der Waals surface area contributed by atoms with Gasteiger partial charge in [-0.25, -0.2) is 4.79 Å². The molecular weight excluding hydrogens is 346 g/mol. The Bertz CT molecular complexity index is 842. The summed E-state index contributed by atoms with van der Waals surface area (Å²) in [5, 5.41) is 12.6. The lowest BCUT2D eigenvalue weighted by molar-refractivity contribution is -0.116. The lowest BCUT2D eigenvalue weighted by Crippen LogP contribution is -2.24. The van der Waals surface area contributed by atoms with Gasteiger partial charge in [0.25, 0.3) is 0 Å². The molecule has 0 saturated heterocycles. The van der Waals surface area contributed by atoms with Gasteiger partial charge in [0, 0.05) is 17.7 Å². The number of esters is 1. The first kappa shape index (κ1) is 20.2. The van der Waals surface area contributed by atoms with Crippen molar-refractivity contribution in [3.63, 3.8) is 0 Å². The van der Waals surface area contributed by atoms with E-state index in [1.54, 1.807) is 37.3 Å². The average molecular weight is 369 g/mol. The summed E-state index contributed by atoms with van der Waals surface area (Å²) in [7, 11) is 0. The molecule has 6 nitrogen and oxygen atoms in total. The van der Waals surface area contributed by atoms with Crippen LogP contribution in [-0.2, 0) is 9.53 Å². The van der Waals surface area contributed by atoms with E-state index in [0.717, 1.165) is 12.0 Å². The molecule has 0 unspecified atom stereocenters. The van der Waals surface area contributed by atoms with Gasteiger partial charge >= 0.3 is 5.97 Å². The molecule has 0 aromatic heterocycles. The molecule has 0 aliphatic rings. The number of benzene rings is 2. The molecule has 0 fully saturated rings. The first-order valence-corrected chi connectivity index (χ1v) is 8.76. The maximum atomic E-state index is 12.5. The standard InChI is InChI=1S/C21H23NO5/c1-4-5-19(24)22-16-9-7-15(8-10-16)20(25)14(3)27-21(26)17-11-6-13(2)12-18(17)23/h6-12,14,23H,4-5H2,1-3H3,(H,22,24)/t14-/m0/s1. The number of phenolic OH excluding ortho intramolecular Hbond substituents is 1. The van der Waals surface area contributed by atoms with Crippen LogP contribution in [0.4, 0.5) is 5.69 Å². The van der Waals surface area contributed by atoms with Gasteiger partial charge < -0.3 is 15.2 Å². The molecule has 2 N–H and O–H groups in total. The van der Waals surface area contributed by atoms with Crippen LogP contribution in [0.1, 0.15) is 53.0 Å². The minimum absolute atomic E-state index is 0.00855. The van der Waals surface area contributed by atoms with Crippen molar-refractivity contribution in [2.45, 2.75) is 39.7 Å². The van der Waals surface area contributed by atoms with Gasteiger partial charge in [-0.15, -0.1) is 0 Å². The summed E-state index contributed by atoms with van der Waals surface area (Å²) >= 11 is 0. The monoisotopic (exact) mass is 369 g/mol. The lowest BCUT2D eigenvalue weighted by Gasteiger charge is -2.13. The second-order valence-electron chi connectivity index (χ2n) is 6.31. The van der Waals surface area contributed by atoms with Crippen molar-refractivity contribution in [1.82, 2.24) is 0 Å². The maximum Gasteiger partial charge on any atom is 0.342 e. The van der Waals surface area contributed by atoms with Crippen LogP contribution in [0.5, 0.6) is 5.75 Å². The number of carbonyl (C=O) groups excluding carboxylic acids is 3. The fourth-order valence-electron chi connectivity index (χ4n) is 2.49. The van der Waals surface area contributed by atoms with Crippen molar-refractivity contribution in [2.24, 2.45) is 0 Å². The third-order valence-electron chi connectivity index (χ3n) is 3.96. The molecule has 1 atom stereocenters. The fourth-order valence-corrected chi connectivity index (χ4v) is 2.49. The molecule has 0 aliphatic heterocycles. The first-order valence-electron chi connectivity index (χ1n) is 8.76. The molecule has 2 aromatic carbocycles. The molecule has 0 bridgehead atoms. The quantitative estimate of drug-likeness (QED) is 0.571. The van der Waals surface area contributed by atoms with Crippen LogP contribution in [-0.4, -0.2) is 28.9 Å². The molecule has 6 heteroatoms. The molecule has 0 radical (unpaired) electrons. The van der Waals surface area contributed by atoms with E-state index >= 15 is 0 Å². The molecule has 0 heterocycles. The highest BCUT2D eigenvalue weighted by atomic mass is 16.5. The van der Waals surface area contributed by atoms with E-state index in [2.05, 4.69) is 5.32 Å². The maximum absolute atomic E-state index is 12.5. The summed E-state index contributed by atoms with van der Waals surface area (Å²) in [5.41, 5.74) is 1.77. The van der Waals surface area contributed by atoms with Gasteiger partial charge in [0.05, 0.1) is 0 Å². The second-order valence-corrected chi connectivity index (χ2v) is 6.31. The molecule has 2 rings (SSSR count). The van der Waals surface area contributed by atoms with E-state index in [1.807, 2.05) is 6.92 Å². The zero-order valence-corrected chi connectivity index (χ0v) is 15.6. The van der Waals surface area contributed by atoms with Crippen LogP contribution < -0.4 is 5.32 Å². The number of Topliss-reactive ketones (excluding diaryl/α,β-unsaturated/α-hetero) is 1. The first-order chi connectivity index (χ1) is 12.8. The van der Waals surface area contributed by atoms with Crippen molar-refractivity contribution >= 4 is 23.3 Å². The predicted molar refractivity (Wildman–Crippen MR) is 102 cm³/mol. The van der Waals surface area contributed by atoms with Gasteiger partial charge in [-0.3, -0.25) is 9.59 Å². The molecule has 0 aliphatic carbocycles. The molecule has 142 valence electrons. The highest BCUT2D eigenvalue weighted by molar-refractivity contribution is 6.02. The smallest absolute Gasteiger partial charge is 0.342 e. The van der Waals surface area contributed by atoms with E-state index in [-0.39, 0.29) is 23.0 Å². The van der Waals surface area contributed by atoms with E-state index < -0.39 is 12.1 Å². The lowest BCUT2D eigenvalue weighted by atomic mass is 10.1. The largest absolute Gasteiger partial charge is 0.507 e. The molecule has 27 heavy (non-hydrogen) atoms. The summed E-state index contributed by atoms with van der Waals surface area (Å²) in [6, 6.07) is 11.0. The number of hydrogen-bond donors (Lipinski definition) is 2. The van der Waals surface area contributed by atoms with E-state index in [9.17, 15) is 19.5 Å². The molecule has 0 spiro atoms. The number of anilines is 1. The number of nitrogens with one attached hydrogen (secondary N) is 1. The van der Waals surface area contributed by atoms with Gasteiger partial charge in [-0.2, -0.15) is 0 Å². The summed E-state index contributed by atoms with van der Waals surface area (Å²) in [6.07, 6.45) is 0.167. The molecular formula is C21H23NO5. The summed E-state index contributed by atoms with van der Waals surface area (Å²) in [4.78, 5) is 36.2. The zero-order chi connectivity index (χ0) is 20.0. The van der Waals surface area contributed by atoms with E-state index in [1.165, 1.54) is 19.1 Å². The highest BCUT2D eigenvalue weighted by Gasteiger charge is 2.22. The number of ketones is 1. The number of aryl methyl sites for hydroxylation is 1. The Balaban J connectivity index is 2.02. The number of hydrogen-bond acceptors (Lipinski definition) is 5. The summed E-state index contributed by atoms with van der Waals surface area (Å²) in [5.74, 6) is -1.42. The van der Waals surface area contributed by atoms with Crippen LogP contribution in [0, 0.1) is 6.92 Å². The molecule has 0 saturated carbocycles. The van der Waals surface area contributed by atoms with E-state index in [4.69, 9.17) is 4.74 Å². The second kappa shape index (κ2) is 8.98. The Labute approximate surface area is 158 Å². The van der Waals surface area contributed by atoms with Crippen molar-refractivity contribution in [1.29, 1.82) is 0 Å². The Morgan fingerprint density at radius 2 is 1.78 bits per heavy atom. The van der Waals surface area contributed by atoms with Crippen molar-refractivity contribution in [2.75, 3.05) is 5.32 Å². The minimum atomic E-state index is -1.02. The van der Waals surface area contributed by atoms with Crippen LogP contribution >= 0.6 is 0 Å². The Kier molecular flexibility index (Phi) is 6.71. The normalized spacial score (nSPS) is 11.5. The topological polar surface area (TPSA) is 92.7 Å². The average Bonchev–Trinajstić information content (AvgIpc) is 2.61. The number of aromatic hydroxyl groups is 1. The fraction of sp³-hybridized carbons (Fsp3) is 0.286. The number of rotatable bonds is 7. The Morgan fingerprint density at radius 1 is 1.11 bits per heavy atom. The van der Waals surface area contributed by atoms with Gasteiger partial charge in [0.2, 0.25) is 11.7 Å². The SMILES string of the molecule is CCCC(=O)Nc1ccc(C(=O)[C@H](C)OC(=O)c2ccc(C)cc2O)cc1. The summed E-state index contributed by atoms with van der Waals surface area (Å²) in [6.45, 7) is 5.18. The van der Waals surface area contributed by atoms with Crippen molar-refractivity contribution in [3.8, 4) is 5.75 Å². The minimum Gasteiger partial charge on any atom is -0.507 e. The highest BCUT2D eigenvalue weighted by Crippen LogP contribution is 2.20.